The first-order valence-electron chi connectivity index (χ1n) is 5.63. The molecule has 0 aromatic heterocycles. The van der Waals surface area contributed by atoms with E-state index in [0.29, 0.717) is 6.04 Å². The van der Waals surface area contributed by atoms with E-state index in [9.17, 15) is 0 Å². The summed E-state index contributed by atoms with van der Waals surface area (Å²) < 4.78 is 0. The molecule has 1 atom stereocenters. The van der Waals surface area contributed by atoms with Crippen molar-refractivity contribution in [2.24, 2.45) is 0 Å². The van der Waals surface area contributed by atoms with Gasteiger partial charge < -0.3 is 10.2 Å². The number of benzene rings is 1. The molecule has 2 nitrogen and oxygen atoms in total. The first-order valence-corrected chi connectivity index (χ1v) is 6.07. The molecule has 0 radical (unpaired) electrons. The van der Waals surface area contributed by atoms with Gasteiger partial charge in [-0.15, -0.1) is 0 Å². The number of anilines is 1. The van der Waals surface area contributed by atoms with Crippen LogP contribution >= 0.6 is 11.6 Å². The monoisotopic (exact) mass is 236 g/mol. The van der Waals surface area contributed by atoms with Crippen molar-refractivity contribution in [1.29, 1.82) is 0 Å². The van der Waals surface area contributed by atoms with Gasteiger partial charge in [0.1, 0.15) is 0 Å². The van der Waals surface area contributed by atoms with Gasteiger partial charge in [0.05, 0.1) is 0 Å². The first kappa shape index (κ1) is 11.5. The molecule has 0 aliphatic carbocycles. The van der Waals surface area contributed by atoms with Crippen LogP contribution in [0.25, 0.3) is 0 Å². The van der Waals surface area contributed by atoms with E-state index in [1.54, 1.807) is 5.54 Å². The summed E-state index contributed by atoms with van der Waals surface area (Å²) in [6.07, 6.45) is 3.13. The van der Waals surface area contributed by atoms with Crippen LogP contribution < -0.4 is 10.2 Å². The predicted molar refractivity (Wildman–Crippen MR) is 70.1 cm³/mol. The van der Waals surface area contributed by atoms with Crippen LogP contribution in [0.2, 0.25) is 0 Å². The second-order valence-electron chi connectivity index (χ2n) is 4.00. The van der Waals surface area contributed by atoms with Gasteiger partial charge in [-0.2, -0.15) is 0 Å². The molecule has 0 bridgehead atoms. The molecule has 2 rings (SSSR count). The van der Waals surface area contributed by atoms with E-state index in [0.717, 1.165) is 19.5 Å². The van der Waals surface area contributed by atoms with Crippen molar-refractivity contribution in [2.45, 2.75) is 12.5 Å². The van der Waals surface area contributed by atoms with Gasteiger partial charge in [-0.25, -0.2) is 0 Å². The van der Waals surface area contributed by atoms with E-state index in [4.69, 9.17) is 11.6 Å². The van der Waals surface area contributed by atoms with Crippen molar-refractivity contribution in [3.8, 4) is 0 Å². The molecule has 1 aromatic carbocycles. The summed E-state index contributed by atoms with van der Waals surface area (Å²) in [5, 5.41) is 3.37. The Labute approximate surface area is 102 Å². The minimum absolute atomic E-state index is 0.479. The Morgan fingerprint density at radius 1 is 1.50 bits per heavy atom. The van der Waals surface area contributed by atoms with Crippen LogP contribution in [-0.4, -0.2) is 20.1 Å². The molecular weight excluding hydrogens is 220 g/mol. The van der Waals surface area contributed by atoms with Gasteiger partial charge in [0.15, 0.2) is 0 Å². The molecule has 0 spiro atoms. The zero-order valence-electron chi connectivity index (χ0n) is 9.49. The highest BCUT2D eigenvalue weighted by molar-refractivity contribution is 6.25. The van der Waals surface area contributed by atoms with Crippen molar-refractivity contribution in [2.75, 3.05) is 25.0 Å². The molecule has 1 heterocycles. The maximum atomic E-state index is 5.58. The maximum absolute atomic E-state index is 5.58. The highest BCUT2D eigenvalue weighted by Crippen LogP contribution is 2.32. The number of nitrogens with one attached hydrogen (secondary N) is 1. The number of hydrogen-bond donors (Lipinski definition) is 1. The molecule has 1 unspecified atom stereocenters. The molecule has 0 amide bonds. The fraction of sp³-hybridized carbons (Fsp3) is 0.385. The van der Waals surface area contributed by atoms with E-state index in [1.165, 1.54) is 11.3 Å². The van der Waals surface area contributed by atoms with Crippen LogP contribution in [0.4, 0.5) is 5.69 Å². The van der Waals surface area contributed by atoms with E-state index in [1.807, 2.05) is 13.1 Å². The van der Waals surface area contributed by atoms with Crippen LogP contribution in [0.1, 0.15) is 18.0 Å². The second kappa shape index (κ2) is 5.37. The highest BCUT2D eigenvalue weighted by atomic mass is 35.5. The third kappa shape index (κ3) is 2.23. The number of rotatable bonds is 3. The van der Waals surface area contributed by atoms with Crippen LogP contribution in [0.3, 0.4) is 0 Å². The molecule has 0 saturated heterocycles. The average Bonchev–Trinajstić information content (AvgIpc) is 2.36. The lowest BCUT2D eigenvalue weighted by atomic mass is 9.96. The summed E-state index contributed by atoms with van der Waals surface area (Å²) in [7, 11) is 2.02. The van der Waals surface area contributed by atoms with Crippen LogP contribution in [0, 0.1) is 0 Å². The molecule has 0 fully saturated rings. The molecule has 1 N–H and O–H groups in total. The van der Waals surface area contributed by atoms with Crippen molar-refractivity contribution >= 4 is 17.3 Å². The largest absolute Gasteiger partial charge is 0.367 e. The number of fused-ring (bicyclic) bond motifs is 1. The number of nitrogens with zero attached hydrogens (tertiary/aromatic N) is 1. The van der Waals surface area contributed by atoms with Gasteiger partial charge >= 0.3 is 0 Å². The molecule has 86 valence electrons. The Bertz CT molecular complexity index is 376. The molecule has 1 aliphatic heterocycles. The Kier molecular flexibility index (Phi) is 3.86. The van der Waals surface area contributed by atoms with Gasteiger partial charge in [0.2, 0.25) is 0 Å². The van der Waals surface area contributed by atoms with Crippen LogP contribution in [0.5, 0.6) is 0 Å². The summed E-state index contributed by atoms with van der Waals surface area (Å²) in [5.74, 6) is 0. The smallest absolute Gasteiger partial charge is 0.0417 e. The van der Waals surface area contributed by atoms with Gasteiger partial charge in [0, 0.05) is 30.4 Å². The number of hydrogen-bond acceptors (Lipinski definition) is 2. The molecular formula is C13H17ClN2. The lowest BCUT2D eigenvalue weighted by Crippen LogP contribution is -2.34. The number of halogens is 1. The summed E-state index contributed by atoms with van der Waals surface area (Å²) in [6.45, 7) is 1.96. The summed E-state index contributed by atoms with van der Waals surface area (Å²) in [4.78, 5) is 2.36. The van der Waals surface area contributed by atoms with E-state index < -0.39 is 0 Å². The molecule has 0 saturated carbocycles. The maximum Gasteiger partial charge on any atom is 0.0417 e. The highest BCUT2D eigenvalue weighted by Gasteiger charge is 2.22. The fourth-order valence-corrected chi connectivity index (χ4v) is 2.37. The van der Waals surface area contributed by atoms with Crippen molar-refractivity contribution in [3.05, 3.63) is 41.4 Å². The Balaban J connectivity index is 2.27. The van der Waals surface area contributed by atoms with E-state index in [-0.39, 0.29) is 0 Å². The third-order valence-electron chi connectivity index (χ3n) is 3.10. The lowest BCUT2D eigenvalue weighted by Gasteiger charge is -2.35. The predicted octanol–water partition coefficient (Wildman–Crippen LogP) is 2.91. The summed E-state index contributed by atoms with van der Waals surface area (Å²) >= 11 is 5.58. The molecule has 3 heteroatoms. The van der Waals surface area contributed by atoms with Gasteiger partial charge in [0.25, 0.3) is 0 Å². The minimum atomic E-state index is 0.479. The average molecular weight is 237 g/mol. The van der Waals surface area contributed by atoms with Crippen molar-refractivity contribution in [1.82, 2.24) is 5.32 Å². The fourth-order valence-electron chi connectivity index (χ4n) is 2.29. The zero-order chi connectivity index (χ0) is 11.4. The lowest BCUT2D eigenvalue weighted by molar-refractivity contribution is 0.523. The molecule has 1 aliphatic rings. The summed E-state index contributed by atoms with van der Waals surface area (Å²) in [6, 6.07) is 9.05. The topological polar surface area (TPSA) is 15.3 Å². The quantitative estimate of drug-likeness (QED) is 0.868. The first-order chi connectivity index (χ1) is 7.86. The summed E-state index contributed by atoms with van der Waals surface area (Å²) in [5.41, 5.74) is 4.30. The number of para-hydroxylation sites is 1. The molecule has 16 heavy (non-hydrogen) atoms. The zero-order valence-corrected chi connectivity index (χ0v) is 10.2. The normalized spacial score (nSPS) is 20.1. The van der Waals surface area contributed by atoms with Gasteiger partial charge in [-0.3, -0.25) is 0 Å². The minimum Gasteiger partial charge on any atom is -0.367 e. The van der Waals surface area contributed by atoms with E-state index >= 15 is 0 Å². The Hall–Kier alpha value is -0.990. The SMILES string of the molecule is CNC1CCN(C/C=C/Cl)c2ccccc21. The Morgan fingerprint density at radius 3 is 3.06 bits per heavy atom. The standard InChI is InChI=1S/C13H17ClN2/c1-15-12-7-10-16(9-4-8-14)13-6-3-2-5-11(12)13/h2-6,8,12,15H,7,9-10H2,1H3/b8-4+. The van der Waals surface area contributed by atoms with Gasteiger partial charge in [-0.05, 0) is 25.1 Å². The van der Waals surface area contributed by atoms with Crippen molar-refractivity contribution < 1.29 is 0 Å². The van der Waals surface area contributed by atoms with Crippen LogP contribution in [0.15, 0.2) is 35.9 Å². The Morgan fingerprint density at radius 2 is 2.31 bits per heavy atom. The second-order valence-corrected chi connectivity index (χ2v) is 4.25. The van der Waals surface area contributed by atoms with E-state index in [2.05, 4.69) is 34.5 Å². The molecule has 1 aromatic rings. The van der Waals surface area contributed by atoms with Gasteiger partial charge in [-0.1, -0.05) is 35.9 Å². The third-order valence-corrected chi connectivity index (χ3v) is 3.28. The van der Waals surface area contributed by atoms with Crippen molar-refractivity contribution in [3.63, 3.8) is 0 Å². The van der Waals surface area contributed by atoms with Crippen LogP contribution in [-0.2, 0) is 0 Å².